The molecule has 3 nitrogen and oxygen atoms in total. The van der Waals surface area contributed by atoms with Crippen LogP contribution < -0.4 is 5.32 Å². The summed E-state index contributed by atoms with van der Waals surface area (Å²) in [5.74, 6) is 2.53. The van der Waals surface area contributed by atoms with Gasteiger partial charge in [-0.15, -0.1) is 0 Å². The zero-order valence-electron chi connectivity index (χ0n) is 10.7. The molecule has 1 heterocycles. The molecule has 2 rings (SSSR count). The summed E-state index contributed by atoms with van der Waals surface area (Å²) in [6, 6.07) is 0.525. The number of nitrogens with one attached hydrogen (secondary N) is 1. The molecule has 1 aromatic rings. The van der Waals surface area contributed by atoms with Crippen molar-refractivity contribution in [2.75, 3.05) is 6.54 Å². The highest BCUT2D eigenvalue weighted by Gasteiger charge is 2.48. The van der Waals surface area contributed by atoms with Crippen LogP contribution >= 0.6 is 0 Å². The first kappa shape index (κ1) is 11.6. The summed E-state index contributed by atoms with van der Waals surface area (Å²) in [7, 11) is 0. The van der Waals surface area contributed by atoms with E-state index in [2.05, 4.69) is 38.0 Å². The molecule has 90 valence electrons. The molecule has 1 N–H and O–H groups in total. The Hall–Kier alpha value is -0.830. The lowest BCUT2D eigenvalue weighted by atomic mass is 10.1. The number of oxazole rings is 1. The van der Waals surface area contributed by atoms with Crippen LogP contribution in [0, 0.1) is 5.41 Å². The lowest BCUT2D eigenvalue weighted by Gasteiger charge is -2.05. The van der Waals surface area contributed by atoms with Gasteiger partial charge in [0, 0.05) is 24.9 Å². The predicted octanol–water partition coefficient (Wildman–Crippen LogP) is 2.73. The number of aromatic nitrogens is 1. The summed E-state index contributed by atoms with van der Waals surface area (Å²) in [6.07, 6.45) is 4.02. The fourth-order valence-electron chi connectivity index (χ4n) is 2.02. The molecule has 1 aliphatic carbocycles. The third kappa shape index (κ3) is 2.64. The van der Waals surface area contributed by atoms with Gasteiger partial charge in [-0.2, -0.15) is 0 Å². The van der Waals surface area contributed by atoms with Crippen molar-refractivity contribution in [3.8, 4) is 0 Å². The van der Waals surface area contributed by atoms with Crippen LogP contribution in [0.2, 0.25) is 0 Å². The molecule has 1 atom stereocenters. The predicted molar refractivity (Wildman–Crippen MR) is 64.5 cm³/mol. The van der Waals surface area contributed by atoms with Crippen LogP contribution in [0.4, 0.5) is 0 Å². The van der Waals surface area contributed by atoms with Crippen molar-refractivity contribution in [2.45, 2.75) is 52.5 Å². The van der Waals surface area contributed by atoms with Gasteiger partial charge in [0.15, 0.2) is 5.89 Å². The van der Waals surface area contributed by atoms with Gasteiger partial charge in [0.2, 0.25) is 0 Å². The Morgan fingerprint density at radius 3 is 2.81 bits per heavy atom. The van der Waals surface area contributed by atoms with E-state index in [-0.39, 0.29) is 0 Å². The monoisotopic (exact) mass is 222 g/mol. The van der Waals surface area contributed by atoms with Gasteiger partial charge >= 0.3 is 0 Å². The van der Waals surface area contributed by atoms with E-state index in [0.29, 0.717) is 17.4 Å². The largest absolute Gasteiger partial charge is 0.445 e. The summed E-state index contributed by atoms with van der Waals surface area (Å²) >= 11 is 0. The van der Waals surface area contributed by atoms with Crippen molar-refractivity contribution in [1.82, 2.24) is 10.3 Å². The Balaban J connectivity index is 1.84. The van der Waals surface area contributed by atoms with Crippen molar-refractivity contribution in [3.63, 3.8) is 0 Å². The first-order valence-corrected chi connectivity index (χ1v) is 6.17. The SMILES string of the molecule is CC(C)NCCc1ncc(C2CC2(C)C)o1. The van der Waals surface area contributed by atoms with Gasteiger partial charge in [0.1, 0.15) is 5.76 Å². The maximum Gasteiger partial charge on any atom is 0.195 e. The number of hydrogen-bond acceptors (Lipinski definition) is 3. The molecule has 0 amide bonds. The minimum Gasteiger partial charge on any atom is -0.445 e. The van der Waals surface area contributed by atoms with Gasteiger partial charge in [0.25, 0.3) is 0 Å². The van der Waals surface area contributed by atoms with Gasteiger partial charge in [-0.1, -0.05) is 27.7 Å². The highest BCUT2D eigenvalue weighted by atomic mass is 16.4. The summed E-state index contributed by atoms with van der Waals surface area (Å²) in [5, 5.41) is 3.36. The lowest BCUT2D eigenvalue weighted by molar-refractivity contribution is 0.430. The van der Waals surface area contributed by atoms with E-state index < -0.39 is 0 Å². The zero-order valence-corrected chi connectivity index (χ0v) is 10.7. The molecule has 0 saturated heterocycles. The first-order chi connectivity index (χ1) is 7.49. The van der Waals surface area contributed by atoms with E-state index in [0.717, 1.165) is 24.6 Å². The molecule has 0 spiro atoms. The molecule has 0 radical (unpaired) electrons. The van der Waals surface area contributed by atoms with E-state index in [4.69, 9.17) is 4.42 Å². The van der Waals surface area contributed by atoms with Gasteiger partial charge in [-0.05, 0) is 11.8 Å². The number of nitrogens with zero attached hydrogens (tertiary/aromatic N) is 1. The molecular formula is C13H22N2O. The highest BCUT2D eigenvalue weighted by Crippen LogP contribution is 2.58. The van der Waals surface area contributed by atoms with Crippen molar-refractivity contribution in [3.05, 3.63) is 17.8 Å². The van der Waals surface area contributed by atoms with Gasteiger partial charge in [-0.3, -0.25) is 0 Å². The summed E-state index contributed by atoms with van der Waals surface area (Å²) < 4.78 is 5.77. The van der Waals surface area contributed by atoms with E-state index in [9.17, 15) is 0 Å². The van der Waals surface area contributed by atoms with Gasteiger partial charge in [0.05, 0.1) is 6.20 Å². The second-order valence-electron chi connectivity index (χ2n) is 5.76. The van der Waals surface area contributed by atoms with E-state index in [1.807, 2.05) is 6.20 Å². The van der Waals surface area contributed by atoms with Crippen molar-refractivity contribution >= 4 is 0 Å². The average Bonchev–Trinajstić information content (AvgIpc) is 2.60. The van der Waals surface area contributed by atoms with Crippen molar-refractivity contribution < 1.29 is 4.42 Å². The Kier molecular flexibility index (Phi) is 3.06. The molecular weight excluding hydrogens is 200 g/mol. The average molecular weight is 222 g/mol. The first-order valence-electron chi connectivity index (χ1n) is 6.17. The third-order valence-electron chi connectivity index (χ3n) is 3.32. The number of rotatable bonds is 5. The van der Waals surface area contributed by atoms with Crippen LogP contribution in [0.25, 0.3) is 0 Å². The van der Waals surface area contributed by atoms with Crippen molar-refractivity contribution in [1.29, 1.82) is 0 Å². The van der Waals surface area contributed by atoms with Crippen molar-refractivity contribution in [2.24, 2.45) is 5.41 Å². The molecule has 0 bridgehead atoms. The third-order valence-corrected chi connectivity index (χ3v) is 3.32. The summed E-state index contributed by atoms with van der Waals surface area (Å²) in [5.41, 5.74) is 0.424. The summed E-state index contributed by atoms with van der Waals surface area (Å²) in [6.45, 7) is 9.79. The Morgan fingerprint density at radius 1 is 1.56 bits per heavy atom. The minimum atomic E-state index is 0.424. The molecule has 16 heavy (non-hydrogen) atoms. The van der Waals surface area contributed by atoms with E-state index >= 15 is 0 Å². The molecule has 0 aliphatic heterocycles. The van der Waals surface area contributed by atoms with E-state index in [1.54, 1.807) is 0 Å². The normalized spacial score (nSPS) is 22.7. The molecule has 1 aliphatic rings. The standard InChI is InChI=1S/C13H22N2O/c1-9(2)14-6-5-12-15-8-11(16-12)10-7-13(10,3)4/h8-10,14H,5-7H2,1-4H3. The maximum atomic E-state index is 5.77. The highest BCUT2D eigenvalue weighted by molar-refractivity contribution is 5.17. The lowest BCUT2D eigenvalue weighted by Crippen LogP contribution is -2.24. The Labute approximate surface area is 97.6 Å². The van der Waals surface area contributed by atoms with Crippen LogP contribution in [0.3, 0.4) is 0 Å². The molecule has 3 heteroatoms. The van der Waals surface area contributed by atoms with Crippen LogP contribution in [0.1, 0.15) is 51.7 Å². The fraction of sp³-hybridized carbons (Fsp3) is 0.769. The van der Waals surface area contributed by atoms with Crippen LogP contribution in [-0.4, -0.2) is 17.6 Å². The minimum absolute atomic E-state index is 0.424. The van der Waals surface area contributed by atoms with Gasteiger partial charge in [-0.25, -0.2) is 4.98 Å². The second-order valence-corrected chi connectivity index (χ2v) is 5.76. The van der Waals surface area contributed by atoms with Crippen LogP contribution in [-0.2, 0) is 6.42 Å². The second kappa shape index (κ2) is 4.21. The Morgan fingerprint density at radius 2 is 2.25 bits per heavy atom. The summed E-state index contributed by atoms with van der Waals surface area (Å²) in [4.78, 5) is 4.33. The molecule has 1 unspecified atom stereocenters. The Bertz CT molecular complexity index is 355. The van der Waals surface area contributed by atoms with Gasteiger partial charge < -0.3 is 9.73 Å². The molecule has 1 aromatic heterocycles. The number of hydrogen-bond donors (Lipinski definition) is 1. The van der Waals surface area contributed by atoms with E-state index in [1.165, 1.54) is 6.42 Å². The smallest absolute Gasteiger partial charge is 0.195 e. The quantitative estimate of drug-likeness (QED) is 0.832. The molecule has 1 saturated carbocycles. The van der Waals surface area contributed by atoms with Crippen LogP contribution in [0.15, 0.2) is 10.6 Å². The molecule has 0 aromatic carbocycles. The topological polar surface area (TPSA) is 38.1 Å². The van der Waals surface area contributed by atoms with Crippen LogP contribution in [0.5, 0.6) is 0 Å². The fourth-order valence-corrected chi connectivity index (χ4v) is 2.02. The maximum absolute atomic E-state index is 5.77. The zero-order chi connectivity index (χ0) is 11.8. The molecule has 1 fully saturated rings.